The summed E-state index contributed by atoms with van der Waals surface area (Å²) in [6.45, 7) is 4.91. The van der Waals surface area contributed by atoms with Crippen LogP contribution in [0, 0.1) is 11.3 Å². The molecule has 1 fully saturated rings. The molecule has 15 heavy (non-hydrogen) atoms. The topological polar surface area (TPSA) is 26.3 Å². The van der Waals surface area contributed by atoms with E-state index < -0.39 is 0 Å². The Hall–Kier alpha value is 0.360. The second-order valence-corrected chi connectivity index (χ2v) is 5.20. The fourth-order valence-electron chi connectivity index (χ4n) is 2.65. The minimum Gasteiger partial charge on any atom is -0.370 e. The van der Waals surface area contributed by atoms with Crippen molar-refractivity contribution in [3.8, 4) is 0 Å². The number of alkyl halides is 1. The van der Waals surface area contributed by atoms with Gasteiger partial charge in [0.2, 0.25) is 0 Å². The minimum atomic E-state index is -0.152. The molecule has 0 bridgehead atoms. The van der Waals surface area contributed by atoms with E-state index in [-0.39, 0.29) is 5.41 Å². The Morgan fingerprint density at radius 2 is 2.33 bits per heavy atom. The summed E-state index contributed by atoms with van der Waals surface area (Å²) in [4.78, 5) is 12.2. The molecule has 0 amide bonds. The molecule has 0 N–H and O–H groups in total. The second kappa shape index (κ2) is 6.18. The maximum atomic E-state index is 12.2. The highest BCUT2D eigenvalue weighted by Gasteiger charge is 2.45. The molecule has 0 aromatic carbocycles. The lowest BCUT2D eigenvalue weighted by Gasteiger charge is -2.31. The van der Waals surface area contributed by atoms with Crippen molar-refractivity contribution in [2.75, 3.05) is 11.2 Å². The summed E-state index contributed by atoms with van der Waals surface area (Å²) in [6, 6.07) is 0. The molecule has 1 aliphatic carbocycles. The highest BCUT2D eigenvalue weighted by Crippen LogP contribution is 2.45. The van der Waals surface area contributed by atoms with E-state index in [2.05, 4.69) is 36.4 Å². The standard InChI is InChI=1S/C12H21IO2/c1-3-5-11(14)12(8-15-9-13)7-4-6-10(12)2/h10H,3-9H2,1-2H3. The molecule has 1 rings (SSSR count). The summed E-state index contributed by atoms with van der Waals surface area (Å²) in [5, 5.41) is 0. The number of rotatable bonds is 6. The van der Waals surface area contributed by atoms with E-state index in [0.717, 1.165) is 19.3 Å². The Labute approximate surface area is 106 Å². The monoisotopic (exact) mass is 324 g/mol. The van der Waals surface area contributed by atoms with Crippen LogP contribution in [0.5, 0.6) is 0 Å². The van der Waals surface area contributed by atoms with Crippen molar-refractivity contribution in [1.29, 1.82) is 0 Å². The van der Waals surface area contributed by atoms with Crippen molar-refractivity contribution in [2.45, 2.75) is 46.0 Å². The van der Waals surface area contributed by atoms with Crippen LogP contribution < -0.4 is 0 Å². The van der Waals surface area contributed by atoms with Gasteiger partial charge in [0.15, 0.2) is 0 Å². The van der Waals surface area contributed by atoms with Gasteiger partial charge < -0.3 is 4.74 Å². The van der Waals surface area contributed by atoms with Gasteiger partial charge in [0.05, 0.1) is 16.6 Å². The molecular weight excluding hydrogens is 303 g/mol. The molecule has 2 unspecified atom stereocenters. The predicted octanol–water partition coefficient (Wildman–Crippen LogP) is 3.57. The Bertz CT molecular complexity index is 218. The lowest BCUT2D eigenvalue weighted by Crippen LogP contribution is -2.38. The van der Waals surface area contributed by atoms with Crippen LogP contribution in [0.15, 0.2) is 0 Å². The molecule has 0 radical (unpaired) electrons. The van der Waals surface area contributed by atoms with Gasteiger partial charge in [0.1, 0.15) is 5.78 Å². The molecule has 3 heteroatoms. The average molecular weight is 324 g/mol. The van der Waals surface area contributed by atoms with Crippen LogP contribution in [0.4, 0.5) is 0 Å². The van der Waals surface area contributed by atoms with Crippen LogP contribution in [0.3, 0.4) is 0 Å². The van der Waals surface area contributed by atoms with Crippen molar-refractivity contribution in [3.05, 3.63) is 0 Å². The van der Waals surface area contributed by atoms with Gasteiger partial charge in [-0.2, -0.15) is 0 Å². The highest BCUT2D eigenvalue weighted by atomic mass is 127. The third kappa shape index (κ3) is 2.93. The zero-order valence-electron chi connectivity index (χ0n) is 9.72. The first kappa shape index (κ1) is 13.4. The smallest absolute Gasteiger partial charge is 0.141 e. The van der Waals surface area contributed by atoms with E-state index in [9.17, 15) is 4.79 Å². The van der Waals surface area contributed by atoms with Crippen molar-refractivity contribution in [3.63, 3.8) is 0 Å². The number of carbonyl (C=O) groups is 1. The third-order valence-corrected chi connectivity index (χ3v) is 4.11. The van der Waals surface area contributed by atoms with Gasteiger partial charge in [-0.15, -0.1) is 0 Å². The molecule has 0 heterocycles. The van der Waals surface area contributed by atoms with Crippen LogP contribution in [-0.2, 0) is 9.53 Å². The van der Waals surface area contributed by atoms with Crippen LogP contribution >= 0.6 is 22.6 Å². The van der Waals surface area contributed by atoms with Crippen LogP contribution in [0.2, 0.25) is 0 Å². The molecule has 1 aliphatic rings. The van der Waals surface area contributed by atoms with E-state index in [0.29, 0.717) is 22.9 Å². The van der Waals surface area contributed by atoms with Gasteiger partial charge in [0, 0.05) is 6.42 Å². The van der Waals surface area contributed by atoms with E-state index in [1.807, 2.05) is 0 Å². The van der Waals surface area contributed by atoms with Crippen LogP contribution in [0.1, 0.15) is 46.0 Å². The van der Waals surface area contributed by atoms with E-state index in [4.69, 9.17) is 4.74 Å². The molecule has 0 aromatic rings. The van der Waals surface area contributed by atoms with Gasteiger partial charge in [-0.3, -0.25) is 4.79 Å². The first-order valence-corrected chi connectivity index (χ1v) is 7.37. The number of ether oxygens (including phenoxy) is 1. The largest absolute Gasteiger partial charge is 0.370 e. The first-order valence-electron chi connectivity index (χ1n) is 5.84. The quantitative estimate of drug-likeness (QED) is 0.551. The zero-order chi connectivity index (χ0) is 11.3. The maximum absolute atomic E-state index is 12.2. The van der Waals surface area contributed by atoms with Gasteiger partial charge >= 0.3 is 0 Å². The molecule has 2 nitrogen and oxygen atoms in total. The van der Waals surface area contributed by atoms with Crippen LogP contribution in [-0.4, -0.2) is 17.0 Å². The first-order chi connectivity index (χ1) is 7.17. The summed E-state index contributed by atoms with van der Waals surface area (Å²) < 4.78 is 6.21. The summed E-state index contributed by atoms with van der Waals surface area (Å²) in [7, 11) is 0. The number of carbonyl (C=O) groups excluding carboxylic acids is 1. The van der Waals surface area contributed by atoms with Crippen LogP contribution in [0.25, 0.3) is 0 Å². The Kier molecular flexibility index (Phi) is 5.53. The van der Waals surface area contributed by atoms with Gasteiger partial charge in [-0.1, -0.05) is 42.9 Å². The van der Waals surface area contributed by atoms with Gasteiger partial charge in [0.25, 0.3) is 0 Å². The Morgan fingerprint density at radius 1 is 1.60 bits per heavy atom. The SMILES string of the molecule is CCCC(=O)C1(COCI)CCCC1C. The van der Waals surface area contributed by atoms with Crippen molar-refractivity contribution in [1.82, 2.24) is 0 Å². The molecule has 88 valence electrons. The number of hydrogen-bond acceptors (Lipinski definition) is 2. The van der Waals surface area contributed by atoms with Crippen molar-refractivity contribution in [2.24, 2.45) is 11.3 Å². The minimum absolute atomic E-state index is 0.152. The second-order valence-electron chi connectivity index (χ2n) is 4.58. The molecule has 0 aliphatic heterocycles. The predicted molar refractivity (Wildman–Crippen MR) is 70.2 cm³/mol. The summed E-state index contributed by atoms with van der Waals surface area (Å²) in [5.41, 5.74) is -0.152. The number of hydrogen-bond donors (Lipinski definition) is 0. The van der Waals surface area contributed by atoms with E-state index in [1.165, 1.54) is 12.8 Å². The normalized spacial score (nSPS) is 30.7. The Morgan fingerprint density at radius 3 is 2.80 bits per heavy atom. The van der Waals surface area contributed by atoms with Gasteiger partial charge in [-0.05, 0) is 25.2 Å². The molecule has 0 aromatic heterocycles. The lowest BCUT2D eigenvalue weighted by atomic mass is 9.74. The van der Waals surface area contributed by atoms with Gasteiger partial charge in [-0.25, -0.2) is 0 Å². The summed E-state index contributed by atoms with van der Waals surface area (Å²) in [6.07, 6.45) is 5.07. The Balaban J connectivity index is 2.71. The highest BCUT2D eigenvalue weighted by molar-refractivity contribution is 14.1. The maximum Gasteiger partial charge on any atom is 0.141 e. The van der Waals surface area contributed by atoms with Crippen molar-refractivity contribution >= 4 is 28.4 Å². The fourth-order valence-corrected chi connectivity index (χ4v) is 2.87. The summed E-state index contributed by atoms with van der Waals surface area (Å²) in [5.74, 6) is 0.930. The molecule has 1 saturated carbocycles. The molecule has 0 saturated heterocycles. The average Bonchev–Trinajstić information content (AvgIpc) is 2.58. The molecule has 0 spiro atoms. The third-order valence-electron chi connectivity index (χ3n) is 3.67. The number of halogens is 1. The molecular formula is C12H21IO2. The lowest BCUT2D eigenvalue weighted by molar-refractivity contribution is -0.134. The molecule has 2 atom stereocenters. The van der Waals surface area contributed by atoms with Crippen molar-refractivity contribution < 1.29 is 9.53 Å². The number of Topliss-reactive ketones (excluding diaryl/α,β-unsaturated/α-hetero) is 1. The summed E-state index contributed by atoms with van der Waals surface area (Å²) >= 11 is 2.20. The fraction of sp³-hybridized carbons (Fsp3) is 0.917. The zero-order valence-corrected chi connectivity index (χ0v) is 11.9. The van der Waals surface area contributed by atoms with E-state index >= 15 is 0 Å². The van der Waals surface area contributed by atoms with E-state index in [1.54, 1.807) is 0 Å². The number of ketones is 1.